The third kappa shape index (κ3) is 19.5. The zero-order valence-electron chi connectivity index (χ0n) is 33.0. The first kappa shape index (κ1) is 51.0. The molecule has 5 amide bonds. The zero-order valence-corrected chi connectivity index (χ0v) is 35.5. The number of rotatable bonds is 14. The summed E-state index contributed by atoms with van der Waals surface area (Å²) in [4.78, 5) is 72.5. The number of amides is 5. The molecular formula is C36H69N5O7S3. The SMILES string of the molecule is CC.CC.CC.CC(C)CC(NC(=O)C1CC2(CN1C=O)SCCCS2)C(=O)C(=O)NCC=O.CCCNC(=O)NC1(CS(C)=O)CCCCC1. The van der Waals surface area contributed by atoms with Crippen LogP contribution in [0, 0.1) is 5.92 Å². The van der Waals surface area contributed by atoms with Gasteiger partial charge >= 0.3 is 6.03 Å². The molecule has 0 aromatic rings. The van der Waals surface area contributed by atoms with Crippen LogP contribution in [0.5, 0.6) is 0 Å². The number of urea groups is 1. The van der Waals surface area contributed by atoms with Gasteiger partial charge in [-0.05, 0) is 49.5 Å². The Morgan fingerprint density at radius 1 is 0.922 bits per heavy atom. The van der Waals surface area contributed by atoms with Crippen LogP contribution in [0.15, 0.2) is 0 Å². The van der Waals surface area contributed by atoms with Gasteiger partial charge in [-0.15, -0.1) is 23.5 Å². The first-order valence-corrected chi connectivity index (χ1v) is 22.5. The van der Waals surface area contributed by atoms with Crippen molar-refractivity contribution < 1.29 is 33.0 Å². The molecule has 3 rings (SSSR count). The van der Waals surface area contributed by atoms with E-state index in [2.05, 4.69) is 21.3 Å². The van der Waals surface area contributed by atoms with Gasteiger partial charge in [0, 0.05) is 42.3 Å². The minimum absolute atomic E-state index is 0.0645. The van der Waals surface area contributed by atoms with E-state index in [1.165, 1.54) is 11.3 Å². The molecule has 3 fully saturated rings. The number of carbonyl (C=O) groups is 6. The molecule has 1 saturated carbocycles. The average molecular weight is 780 g/mol. The van der Waals surface area contributed by atoms with Gasteiger partial charge < -0.3 is 31.0 Å². The maximum absolute atomic E-state index is 12.9. The van der Waals surface area contributed by atoms with E-state index < -0.39 is 40.5 Å². The highest BCUT2D eigenvalue weighted by molar-refractivity contribution is 8.18. The summed E-state index contributed by atoms with van der Waals surface area (Å²) in [7, 11) is -0.867. The van der Waals surface area contributed by atoms with Crippen molar-refractivity contribution in [3.05, 3.63) is 0 Å². The number of likely N-dealkylation sites (tertiary alicyclic amines) is 1. The van der Waals surface area contributed by atoms with Gasteiger partial charge in [0.2, 0.25) is 18.1 Å². The zero-order chi connectivity index (χ0) is 39.5. The summed E-state index contributed by atoms with van der Waals surface area (Å²) in [5.41, 5.74) is -0.240. The van der Waals surface area contributed by atoms with Crippen LogP contribution >= 0.6 is 23.5 Å². The molecule has 0 aromatic carbocycles. The van der Waals surface area contributed by atoms with Crippen molar-refractivity contribution in [2.45, 2.75) is 142 Å². The lowest BCUT2D eigenvalue weighted by Gasteiger charge is -2.37. The van der Waals surface area contributed by atoms with Gasteiger partial charge in [0.05, 0.1) is 22.2 Å². The predicted molar refractivity (Wildman–Crippen MR) is 215 cm³/mol. The van der Waals surface area contributed by atoms with Crippen LogP contribution in [0.2, 0.25) is 0 Å². The van der Waals surface area contributed by atoms with E-state index in [1.807, 2.05) is 62.3 Å². The largest absolute Gasteiger partial charge is 0.344 e. The Morgan fingerprint density at radius 2 is 1.51 bits per heavy atom. The van der Waals surface area contributed by atoms with Crippen LogP contribution in [0.4, 0.5) is 4.79 Å². The van der Waals surface area contributed by atoms with Crippen molar-refractivity contribution in [3.8, 4) is 0 Å². The lowest BCUT2D eigenvalue weighted by atomic mass is 9.83. The van der Waals surface area contributed by atoms with Crippen LogP contribution in [0.1, 0.15) is 120 Å². The van der Waals surface area contributed by atoms with E-state index >= 15 is 0 Å². The molecule has 3 atom stereocenters. The highest BCUT2D eigenvalue weighted by atomic mass is 32.2. The van der Waals surface area contributed by atoms with Gasteiger partial charge in [-0.2, -0.15) is 0 Å². The lowest BCUT2D eigenvalue weighted by molar-refractivity contribution is -0.141. The molecule has 4 N–H and O–H groups in total. The molecule has 0 radical (unpaired) electrons. The summed E-state index contributed by atoms with van der Waals surface area (Å²) < 4.78 is 11.3. The van der Waals surface area contributed by atoms with Gasteiger partial charge in [0.15, 0.2) is 0 Å². The molecule has 15 heteroatoms. The molecule has 298 valence electrons. The molecular weight excluding hydrogens is 711 g/mol. The average Bonchev–Trinajstić information content (AvgIpc) is 3.49. The molecule has 0 bridgehead atoms. The van der Waals surface area contributed by atoms with Crippen LogP contribution in [-0.2, 0) is 34.8 Å². The summed E-state index contributed by atoms with van der Waals surface area (Å²) in [6.45, 7) is 18.7. The van der Waals surface area contributed by atoms with E-state index in [0.29, 0.717) is 44.4 Å². The van der Waals surface area contributed by atoms with E-state index in [0.717, 1.165) is 50.0 Å². The van der Waals surface area contributed by atoms with Crippen molar-refractivity contribution in [2.75, 3.05) is 43.1 Å². The first-order valence-electron chi connectivity index (χ1n) is 18.8. The normalized spacial score (nSPS) is 19.3. The van der Waals surface area contributed by atoms with Crippen molar-refractivity contribution in [1.29, 1.82) is 0 Å². The topological polar surface area (TPSA) is 171 Å². The number of Topliss-reactive ketones (excluding diaryl/α,β-unsaturated/α-hetero) is 1. The number of aldehydes is 1. The number of nitrogens with zero attached hydrogens (tertiary/aromatic N) is 1. The third-order valence-corrected chi connectivity index (χ3v) is 12.2. The molecule has 0 aromatic heterocycles. The van der Waals surface area contributed by atoms with E-state index in [1.54, 1.807) is 29.8 Å². The van der Waals surface area contributed by atoms with Crippen LogP contribution in [0.3, 0.4) is 0 Å². The van der Waals surface area contributed by atoms with Crippen LogP contribution in [-0.4, -0.2) is 110 Å². The molecule has 1 aliphatic carbocycles. The second-order valence-corrected chi connectivity index (χ2v) is 17.0. The summed E-state index contributed by atoms with van der Waals surface area (Å²) in [5, 5.41) is 10.8. The Hall–Kier alpha value is -2.13. The lowest BCUT2D eigenvalue weighted by Crippen LogP contribution is -2.56. The Labute approximate surface area is 319 Å². The van der Waals surface area contributed by atoms with E-state index in [9.17, 15) is 33.0 Å². The molecule has 51 heavy (non-hydrogen) atoms. The highest BCUT2D eigenvalue weighted by Gasteiger charge is 2.48. The minimum atomic E-state index is -0.990. The second-order valence-electron chi connectivity index (χ2n) is 12.3. The monoisotopic (exact) mass is 779 g/mol. The second kappa shape index (κ2) is 29.3. The van der Waals surface area contributed by atoms with E-state index in [-0.39, 0.29) is 28.1 Å². The van der Waals surface area contributed by atoms with Crippen molar-refractivity contribution in [1.82, 2.24) is 26.2 Å². The molecule has 3 aliphatic rings. The molecule has 2 saturated heterocycles. The van der Waals surface area contributed by atoms with Gasteiger partial charge in [-0.25, -0.2) is 4.79 Å². The number of nitrogens with one attached hydrogen (secondary N) is 4. The first-order chi connectivity index (χ1) is 24.4. The summed E-state index contributed by atoms with van der Waals surface area (Å²) in [6, 6.07) is -1.76. The third-order valence-electron chi connectivity index (χ3n) is 7.90. The number of ketones is 1. The Kier molecular flexibility index (Phi) is 29.3. The van der Waals surface area contributed by atoms with Crippen molar-refractivity contribution >= 4 is 70.6 Å². The highest BCUT2D eigenvalue weighted by Crippen LogP contribution is 2.50. The van der Waals surface area contributed by atoms with Gasteiger partial charge in [-0.3, -0.25) is 23.4 Å². The fourth-order valence-electron chi connectivity index (χ4n) is 5.84. The summed E-state index contributed by atoms with van der Waals surface area (Å²) >= 11 is 3.56. The van der Waals surface area contributed by atoms with Gasteiger partial charge in [0.1, 0.15) is 12.3 Å². The Bertz CT molecular complexity index is 1050. The summed E-state index contributed by atoms with van der Waals surface area (Å²) in [6.07, 6.45) is 11.1. The van der Waals surface area contributed by atoms with Crippen molar-refractivity contribution in [3.63, 3.8) is 0 Å². The van der Waals surface area contributed by atoms with Gasteiger partial charge in [0.25, 0.3) is 5.91 Å². The molecule has 12 nitrogen and oxygen atoms in total. The number of hydrogen-bond donors (Lipinski definition) is 4. The molecule has 3 unspecified atom stereocenters. The quantitative estimate of drug-likeness (QED) is 0.139. The minimum Gasteiger partial charge on any atom is -0.344 e. The molecule has 2 heterocycles. The van der Waals surface area contributed by atoms with Crippen LogP contribution < -0.4 is 21.3 Å². The maximum atomic E-state index is 12.9. The molecule has 1 spiro atoms. The van der Waals surface area contributed by atoms with Crippen LogP contribution in [0.25, 0.3) is 0 Å². The summed E-state index contributed by atoms with van der Waals surface area (Å²) in [5.74, 6) is 0.542. The Morgan fingerprint density at radius 3 is 2.00 bits per heavy atom. The Balaban J connectivity index is 0. The smallest absolute Gasteiger partial charge is 0.315 e. The maximum Gasteiger partial charge on any atom is 0.315 e. The molecule has 2 aliphatic heterocycles. The number of thioether (sulfide) groups is 2. The standard InChI is InChI=1S/C18H27N3O5S2.C12H24N2O2S.3C2H6/c1-12(2)8-13(15(24)17(26)19-4-5-22)20-16(25)14-9-18(10-21(14)11-23)27-6-3-7-28-18;1-3-9-13-11(15)14-12(10-17(2)16)7-5-4-6-8-12;3*1-2/h5,11-14H,3-4,6-10H2,1-2H3,(H,19,26)(H,20,25);3-10H2,1-2H3,(H2,13,14,15);3*1-2H3. The fourth-order valence-corrected chi connectivity index (χ4v) is 10.4. The predicted octanol–water partition coefficient (Wildman–Crippen LogP) is 5.05. The number of hydrogen-bond acceptors (Lipinski definition) is 9. The van der Waals surface area contributed by atoms with E-state index in [4.69, 9.17) is 0 Å². The van der Waals surface area contributed by atoms with Crippen molar-refractivity contribution in [2.24, 2.45) is 5.92 Å². The fraction of sp³-hybridized carbons (Fsp3) is 0.833. The number of carbonyl (C=O) groups excluding carboxylic acids is 6. The van der Waals surface area contributed by atoms with Gasteiger partial charge in [-0.1, -0.05) is 81.6 Å².